The summed E-state index contributed by atoms with van der Waals surface area (Å²) in [5.74, 6) is -3.41. The molecule has 4 aromatic rings. The molecule has 184 valence electrons. The van der Waals surface area contributed by atoms with Crippen LogP contribution < -0.4 is 16.4 Å². The summed E-state index contributed by atoms with van der Waals surface area (Å²) < 4.78 is 29.1. The highest BCUT2D eigenvalue weighted by Gasteiger charge is 2.28. The van der Waals surface area contributed by atoms with Crippen LogP contribution in [0.2, 0.25) is 0 Å². The van der Waals surface area contributed by atoms with Gasteiger partial charge < -0.3 is 16.4 Å². The maximum atomic E-state index is 13.7. The molecule has 0 unspecified atom stereocenters. The number of carbonyl (C=O) groups excluding carboxylic acids is 1. The predicted octanol–water partition coefficient (Wildman–Crippen LogP) is 3.90. The van der Waals surface area contributed by atoms with E-state index < -0.39 is 23.5 Å². The summed E-state index contributed by atoms with van der Waals surface area (Å²) in [6.45, 7) is 1.88. The van der Waals surface area contributed by atoms with Gasteiger partial charge in [0, 0.05) is 23.5 Å². The molecule has 8 nitrogen and oxygen atoms in total. The molecule has 0 spiro atoms. The van der Waals surface area contributed by atoms with Gasteiger partial charge in [0.25, 0.3) is 0 Å². The number of nitrogen functional groups attached to an aromatic ring is 1. The van der Waals surface area contributed by atoms with Gasteiger partial charge in [-0.2, -0.15) is 5.10 Å². The number of halogens is 2. The molecule has 0 bridgehead atoms. The van der Waals surface area contributed by atoms with Gasteiger partial charge in [-0.15, -0.1) is 0 Å². The van der Waals surface area contributed by atoms with Crippen molar-refractivity contribution in [2.45, 2.75) is 24.8 Å². The highest BCUT2D eigenvalue weighted by molar-refractivity contribution is 5.98. The van der Waals surface area contributed by atoms with E-state index in [0.717, 1.165) is 43.6 Å². The number of rotatable bonds is 6. The first-order valence-electron chi connectivity index (χ1n) is 11.7. The quantitative estimate of drug-likeness (QED) is 0.379. The Hall–Kier alpha value is -4.18. The van der Waals surface area contributed by atoms with Crippen molar-refractivity contribution in [2.24, 2.45) is 0 Å². The van der Waals surface area contributed by atoms with Crippen LogP contribution in [0.25, 0.3) is 11.3 Å². The zero-order chi connectivity index (χ0) is 25.1. The number of nitrogens with zero attached hydrogens (tertiary/aromatic N) is 4. The minimum absolute atomic E-state index is 0.0961. The van der Waals surface area contributed by atoms with Gasteiger partial charge in [0.15, 0.2) is 11.6 Å². The molecule has 1 aliphatic rings. The first-order valence-corrected chi connectivity index (χ1v) is 11.7. The average Bonchev–Trinajstić information content (AvgIpc) is 3.39. The van der Waals surface area contributed by atoms with E-state index in [-0.39, 0.29) is 17.2 Å². The van der Waals surface area contributed by atoms with Crippen molar-refractivity contribution in [1.82, 2.24) is 25.1 Å². The Labute approximate surface area is 206 Å². The molecule has 1 fully saturated rings. The number of nitrogens with two attached hydrogens (primary N) is 1. The summed E-state index contributed by atoms with van der Waals surface area (Å²) in [5, 5.41) is 10.5. The Balaban J connectivity index is 1.49. The van der Waals surface area contributed by atoms with E-state index in [9.17, 15) is 13.6 Å². The second-order valence-corrected chi connectivity index (χ2v) is 8.68. The van der Waals surface area contributed by atoms with Gasteiger partial charge in [-0.05, 0) is 43.6 Å². The topological polar surface area (TPSA) is 111 Å². The third-order valence-electron chi connectivity index (χ3n) is 6.26. The number of anilines is 2. The van der Waals surface area contributed by atoms with Crippen LogP contribution in [-0.2, 0) is 4.79 Å². The third-order valence-corrected chi connectivity index (χ3v) is 6.26. The molecule has 5 rings (SSSR count). The molecule has 1 saturated heterocycles. The van der Waals surface area contributed by atoms with Crippen LogP contribution in [0, 0.1) is 11.6 Å². The molecule has 0 radical (unpaired) electrons. The van der Waals surface area contributed by atoms with Gasteiger partial charge in [0.05, 0.1) is 24.1 Å². The second kappa shape index (κ2) is 10.2. The molecule has 4 N–H and O–H groups in total. The van der Waals surface area contributed by atoms with Crippen molar-refractivity contribution < 1.29 is 13.6 Å². The van der Waals surface area contributed by atoms with Gasteiger partial charge in [-0.3, -0.25) is 9.48 Å². The van der Waals surface area contributed by atoms with E-state index in [4.69, 9.17) is 10.7 Å². The SMILES string of the molecule is Nc1ncc(-c2cnn(C3CCNCC3)c2)nc1[C@H](C(=O)Nc1ccc(F)c(F)c1)c1ccccc1. The lowest BCUT2D eigenvalue weighted by Gasteiger charge is -2.22. The van der Waals surface area contributed by atoms with E-state index >= 15 is 0 Å². The normalized spacial score (nSPS) is 14.9. The summed E-state index contributed by atoms with van der Waals surface area (Å²) in [4.78, 5) is 22.5. The van der Waals surface area contributed by atoms with Crippen LogP contribution in [0.4, 0.5) is 20.3 Å². The van der Waals surface area contributed by atoms with Crippen LogP contribution in [0.5, 0.6) is 0 Å². The number of amides is 1. The lowest BCUT2D eigenvalue weighted by atomic mass is 9.94. The smallest absolute Gasteiger partial charge is 0.238 e. The van der Waals surface area contributed by atoms with Gasteiger partial charge in [-0.25, -0.2) is 18.7 Å². The van der Waals surface area contributed by atoms with Crippen molar-refractivity contribution in [3.8, 4) is 11.3 Å². The Morgan fingerprint density at radius 2 is 1.86 bits per heavy atom. The maximum Gasteiger partial charge on any atom is 0.238 e. The van der Waals surface area contributed by atoms with E-state index in [2.05, 4.69) is 20.7 Å². The fourth-order valence-electron chi connectivity index (χ4n) is 4.37. The first kappa shape index (κ1) is 23.6. The van der Waals surface area contributed by atoms with Crippen molar-refractivity contribution in [1.29, 1.82) is 0 Å². The van der Waals surface area contributed by atoms with Crippen LogP contribution in [-0.4, -0.2) is 38.7 Å². The largest absolute Gasteiger partial charge is 0.382 e. The minimum Gasteiger partial charge on any atom is -0.382 e. The second-order valence-electron chi connectivity index (χ2n) is 8.68. The van der Waals surface area contributed by atoms with Gasteiger partial charge >= 0.3 is 0 Å². The number of aromatic nitrogens is 4. The van der Waals surface area contributed by atoms with E-state index in [1.54, 1.807) is 36.7 Å². The average molecular weight is 490 g/mol. The first-order chi connectivity index (χ1) is 17.5. The standard InChI is InChI=1S/C26H25F2N7O/c27-20-7-6-18(12-21(20)28)33-26(36)23(16-4-2-1-3-5-16)24-25(29)31-14-22(34-24)17-13-32-35(15-17)19-8-10-30-11-9-19/h1-7,12-15,19,23,30H,8-11H2,(H2,29,31)(H,33,36)/t23-/m1/s1. The van der Waals surface area contributed by atoms with Crippen molar-refractivity contribution in [2.75, 3.05) is 24.1 Å². The summed E-state index contributed by atoms with van der Waals surface area (Å²) in [5.41, 5.74) is 8.50. The molecule has 1 amide bonds. The molecule has 1 atom stereocenters. The monoisotopic (exact) mass is 489 g/mol. The third kappa shape index (κ3) is 4.94. The Morgan fingerprint density at radius 1 is 1.08 bits per heavy atom. The number of benzene rings is 2. The molecule has 0 saturated carbocycles. The van der Waals surface area contributed by atoms with Crippen molar-refractivity contribution in [3.63, 3.8) is 0 Å². The summed E-state index contributed by atoms with van der Waals surface area (Å²) in [7, 11) is 0. The molecule has 1 aliphatic heterocycles. The predicted molar refractivity (Wildman–Crippen MR) is 132 cm³/mol. The van der Waals surface area contributed by atoms with Crippen molar-refractivity contribution >= 4 is 17.4 Å². The highest BCUT2D eigenvalue weighted by atomic mass is 19.2. The Morgan fingerprint density at radius 3 is 2.61 bits per heavy atom. The van der Waals surface area contributed by atoms with Crippen LogP contribution in [0.3, 0.4) is 0 Å². The number of hydrogen-bond acceptors (Lipinski definition) is 6. The molecule has 3 heterocycles. The van der Waals surface area contributed by atoms with Crippen LogP contribution in [0.15, 0.2) is 67.1 Å². The summed E-state index contributed by atoms with van der Waals surface area (Å²) >= 11 is 0. The van der Waals surface area contributed by atoms with Crippen molar-refractivity contribution in [3.05, 3.63) is 90.0 Å². The van der Waals surface area contributed by atoms with Crippen LogP contribution in [0.1, 0.15) is 36.1 Å². The number of hydrogen-bond donors (Lipinski definition) is 3. The minimum atomic E-state index is -1.06. The molecule has 10 heteroatoms. The molecule has 2 aromatic heterocycles. The van der Waals surface area contributed by atoms with E-state index in [0.29, 0.717) is 17.3 Å². The fraction of sp³-hybridized carbons (Fsp3) is 0.231. The summed E-state index contributed by atoms with van der Waals surface area (Å²) in [6.07, 6.45) is 7.18. The molecular formula is C26H25F2N7O. The highest BCUT2D eigenvalue weighted by Crippen LogP contribution is 2.31. The molecule has 36 heavy (non-hydrogen) atoms. The van der Waals surface area contributed by atoms with Crippen LogP contribution >= 0.6 is 0 Å². The lowest BCUT2D eigenvalue weighted by molar-refractivity contribution is -0.116. The number of carbonyl (C=O) groups is 1. The van der Waals surface area contributed by atoms with Gasteiger partial charge in [-0.1, -0.05) is 30.3 Å². The van der Waals surface area contributed by atoms with E-state index in [1.165, 1.54) is 6.07 Å². The Bertz CT molecular complexity index is 1370. The molecular weight excluding hydrogens is 464 g/mol. The molecule has 0 aliphatic carbocycles. The zero-order valence-corrected chi connectivity index (χ0v) is 19.4. The van der Waals surface area contributed by atoms with Gasteiger partial charge in [0.1, 0.15) is 17.4 Å². The number of nitrogens with one attached hydrogen (secondary N) is 2. The van der Waals surface area contributed by atoms with Gasteiger partial charge in [0.2, 0.25) is 5.91 Å². The zero-order valence-electron chi connectivity index (χ0n) is 19.4. The van der Waals surface area contributed by atoms with E-state index in [1.807, 2.05) is 16.9 Å². The Kier molecular flexibility index (Phi) is 6.68. The molecule has 2 aromatic carbocycles. The lowest BCUT2D eigenvalue weighted by Crippen LogP contribution is -2.29. The number of piperidine rings is 1. The fourth-order valence-corrected chi connectivity index (χ4v) is 4.37. The maximum absolute atomic E-state index is 13.7. The summed E-state index contributed by atoms with van der Waals surface area (Å²) in [6, 6.07) is 12.4.